The van der Waals surface area contributed by atoms with Gasteiger partial charge in [-0.05, 0) is 44.0 Å². The lowest BCUT2D eigenvalue weighted by atomic mass is 10.2. The maximum atomic E-state index is 12.0. The van der Waals surface area contributed by atoms with E-state index >= 15 is 0 Å². The number of nitrogens with one attached hydrogen (secondary N) is 1. The lowest BCUT2D eigenvalue weighted by Gasteiger charge is -2.13. The average molecular weight is 257 g/mol. The molecule has 1 aromatic carbocycles. The van der Waals surface area contributed by atoms with Crippen molar-refractivity contribution >= 4 is 10.0 Å². The SMILES string of the molecule is CCC(C)NS(=O)(=O)c1ccc(OC)c(C)c1. The van der Waals surface area contributed by atoms with Gasteiger partial charge in [-0.1, -0.05) is 6.92 Å². The molecule has 1 atom stereocenters. The largest absolute Gasteiger partial charge is 0.496 e. The number of rotatable bonds is 5. The van der Waals surface area contributed by atoms with Crippen LogP contribution in [0.4, 0.5) is 0 Å². The summed E-state index contributed by atoms with van der Waals surface area (Å²) in [5, 5.41) is 0. The first-order chi connectivity index (χ1) is 7.90. The third kappa shape index (κ3) is 3.44. The molecule has 1 rings (SSSR count). The molecule has 0 saturated heterocycles. The standard InChI is InChI=1S/C12H19NO3S/c1-5-10(3)13-17(14,15)11-6-7-12(16-4)9(2)8-11/h6-8,10,13H,5H2,1-4H3. The number of benzene rings is 1. The van der Waals surface area contributed by atoms with Gasteiger partial charge in [-0.15, -0.1) is 0 Å². The fraction of sp³-hybridized carbons (Fsp3) is 0.500. The van der Waals surface area contributed by atoms with E-state index < -0.39 is 10.0 Å². The first-order valence-electron chi connectivity index (χ1n) is 5.57. The second-order valence-electron chi connectivity index (χ2n) is 4.06. The van der Waals surface area contributed by atoms with Crippen LogP contribution in [0.5, 0.6) is 5.75 Å². The fourth-order valence-corrected chi connectivity index (χ4v) is 2.85. The molecular weight excluding hydrogens is 238 g/mol. The highest BCUT2D eigenvalue weighted by Gasteiger charge is 2.17. The summed E-state index contributed by atoms with van der Waals surface area (Å²) in [5.41, 5.74) is 0.805. The van der Waals surface area contributed by atoms with Crippen LogP contribution in [0.2, 0.25) is 0 Å². The van der Waals surface area contributed by atoms with Crippen LogP contribution < -0.4 is 9.46 Å². The molecule has 0 aliphatic carbocycles. The highest BCUT2D eigenvalue weighted by Crippen LogP contribution is 2.21. The Balaban J connectivity index is 3.04. The van der Waals surface area contributed by atoms with E-state index in [0.29, 0.717) is 5.75 Å². The molecule has 0 aliphatic heterocycles. The van der Waals surface area contributed by atoms with E-state index in [1.165, 1.54) is 0 Å². The minimum Gasteiger partial charge on any atom is -0.496 e. The summed E-state index contributed by atoms with van der Waals surface area (Å²) >= 11 is 0. The smallest absolute Gasteiger partial charge is 0.240 e. The maximum absolute atomic E-state index is 12.0. The third-order valence-electron chi connectivity index (χ3n) is 2.65. The van der Waals surface area contributed by atoms with Crippen LogP contribution in [-0.2, 0) is 10.0 Å². The normalized spacial score (nSPS) is 13.4. The summed E-state index contributed by atoms with van der Waals surface area (Å²) in [5.74, 6) is 0.687. The van der Waals surface area contributed by atoms with Crippen LogP contribution in [-0.4, -0.2) is 21.6 Å². The Morgan fingerprint density at radius 3 is 2.53 bits per heavy atom. The van der Waals surface area contributed by atoms with Crippen molar-refractivity contribution in [3.8, 4) is 5.75 Å². The molecule has 1 unspecified atom stereocenters. The predicted molar refractivity (Wildman–Crippen MR) is 67.8 cm³/mol. The molecule has 0 bridgehead atoms. The van der Waals surface area contributed by atoms with Gasteiger partial charge < -0.3 is 4.74 Å². The Kier molecular flexibility index (Phi) is 4.54. The molecule has 1 N–H and O–H groups in total. The van der Waals surface area contributed by atoms with E-state index in [4.69, 9.17) is 4.74 Å². The van der Waals surface area contributed by atoms with Gasteiger partial charge in [0, 0.05) is 6.04 Å². The van der Waals surface area contributed by atoms with Gasteiger partial charge >= 0.3 is 0 Å². The van der Waals surface area contributed by atoms with Gasteiger partial charge in [0.05, 0.1) is 12.0 Å². The van der Waals surface area contributed by atoms with E-state index in [0.717, 1.165) is 12.0 Å². The Labute approximate surface area is 103 Å². The first-order valence-corrected chi connectivity index (χ1v) is 7.06. The maximum Gasteiger partial charge on any atom is 0.240 e. The molecule has 0 saturated carbocycles. The molecule has 0 radical (unpaired) electrons. The van der Waals surface area contributed by atoms with Crippen molar-refractivity contribution < 1.29 is 13.2 Å². The minimum atomic E-state index is -3.42. The van der Waals surface area contributed by atoms with Gasteiger partial charge in [-0.25, -0.2) is 13.1 Å². The van der Waals surface area contributed by atoms with Crippen molar-refractivity contribution in [3.63, 3.8) is 0 Å². The molecule has 1 aromatic rings. The predicted octanol–water partition coefficient (Wildman–Crippen LogP) is 2.08. The summed E-state index contributed by atoms with van der Waals surface area (Å²) in [7, 11) is -1.86. The van der Waals surface area contributed by atoms with Crippen molar-refractivity contribution in [2.45, 2.75) is 38.1 Å². The molecule has 0 spiro atoms. The summed E-state index contributed by atoms with van der Waals surface area (Å²) in [6, 6.07) is 4.77. The molecule has 5 heteroatoms. The van der Waals surface area contributed by atoms with E-state index in [2.05, 4.69) is 4.72 Å². The van der Waals surface area contributed by atoms with Crippen LogP contribution in [0, 0.1) is 6.92 Å². The van der Waals surface area contributed by atoms with Crippen molar-refractivity contribution in [3.05, 3.63) is 23.8 Å². The second-order valence-corrected chi connectivity index (χ2v) is 5.78. The van der Waals surface area contributed by atoms with Crippen molar-refractivity contribution in [2.24, 2.45) is 0 Å². The van der Waals surface area contributed by atoms with Gasteiger partial charge in [0.1, 0.15) is 5.75 Å². The van der Waals surface area contributed by atoms with Crippen LogP contribution in [0.3, 0.4) is 0 Å². The molecule has 96 valence electrons. The van der Waals surface area contributed by atoms with Gasteiger partial charge in [0.15, 0.2) is 0 Å². The molecule has 0 heterocycles. The zero-order valence-electron chi connectivity index (χ0n) is 10.6. The van der Waals surface area contributed by atoms with Gasteiger partial charge in [0.25, 0.3) is 0 Å². The van der Waals surface area contributed by atoms with Crippen molar-refractivity contribution in [1.82, 2.24) is 4.72 Å². The minimum absolute atomic E-state index is 0.0672. The summed E-state index contributed by atoms with van der Waals surface area (Å²) in [6.07, 6.45) is 0.758. The number of aryl methyl sites for hydroxylation is 1. The molecular formula is C12H19NO3S. The Bertz CT molecular complexity index is 483. The quantitative estimate of drug-likeness (QED) is 0.878. The lowest BCUT2D eigenvalue weighted by Crippen LogP contribution is -2.32. The van der Waals surface area contributed by atoms with Gasteiger partial charge in [-0.3, -0.25) is 0 Å². The molecule has 0 aliphatic rings. The first kappa shape index (κ1) is 14.0. The van der Waals surface area contributed by atoms with E-state index in [1.54, 1.807) is 25.3 Å². The number of hydrogen-bond acceptors (Lipinski definition) is 3. The van der Waals surface area contributed by atoms with E-state index in [-0.39, 0.29) is 10.9 Å². The summed E-state index contributed by atoms with van der Waals surface area (Å²) in [4.78, 5) is 0.274. The highest BCUT2D eigenvalue weighted by molar-refractivity contribution is 7.89. The monoisotopic (exact) mass is 257 g/mol. The second kappa shape index (κ2) is 5.51. The zero-order chi connectivity index (χ0) is 13.1. The third-order valence-corrected chi connectivity index (χ3v) is 4.23. The van der Waals surface area contributed by atoms with E-state index in [9.17, 15) is 8.42 Å². The average Bonchev–Trinajstić information content (AvgIpc) is 2.28. The molecule has 17 heavy (non-hydrogen) atoms. The summed E-state index contributed by atoms with van der Waals surface area (Å²) in [6.45, 7) is 5.60. The number of methoxy groups -OCH3 is 1. The lowest BCUT2D eigenvalue weighted by molar-refractivity contribution is 0.411. The molecule has 4 nitrogen and oxygen atoms in total. The van der Waals surface area contributed by atoms with Gasteiger partial charge in [-0.2, -0.15) is 0 Å². The Morgan fingerprint density at radius 1 is 1.41 bits per heavy atom. The van der Waals surface area contributed by atoms with Crippen molar-refractivity contribution in [2.75, 3.05) is 7.11 Å². The molecule has 0 fully saturated rings. The molecule has 0 amide bonds. The number of ether oxygens (including phenoxy) is 1. The topological polar surface area (TPSA) is 55.4 Å². The fourth-order valence-electron chi connectivity index (χ4n) is 1.43. The number of hydrogen-bond donors (Lipinski definition) is 1. The van der Waals surface area contributed by atoms with E-state index in [1.807, 2.05) is 20.8 Å². The van der Waals surface area contributed by atoms with Crippen molar-refractivity contribution in [1.29, 1.82) is 0 Å². The van der Waals surface area contributed by atoms with Crippen LogP contribution >= 0.6 is 0 Å². The Hall–Kier alpha value is -1.07. The van der Waals surface area contributed by atoms with Crippen LogP contribution in [0.1, 0.15) is 25.8 Å². The Morgan fingerprint density at radius 2 is 2.06 bits per heavy atom. The number of sulfonamides is 1. The van der Waals surface area contributed by atoms with Crippen LogP contribution in [0.15, 0.2) is 23.1 Å². The summed E-state index contributed by atoms with van der Waals surface area (Å²) < 4.78 is 31.7. The van der Waals surface area contributed by atoms with Gasteiger partial charge in [0.2, 0.25) is 10.0 Å². The zero-order valence-corrected chi connectivity index (χ0v) is 11.5. The molecule has 0 aromatic heterocycles. The van der Waals surface area contributed by atoms with Crippen LogP contribution in [0.25, 0.3) is 0 Å². The highest BCUT2D eigenvalue weighted by atomic mass is 32.2.